The van der Waals surface area contributed by atoms with Crippen molar-refractivity contribution in [3.05, 3.63) is 33.9 Å². The summed E-state index contributed by atoms with van der Waals surface area (Å²) in [6.07, 6.45) is 2.94. The van der Waals surface area contributed by atoms with Crippen LogP contribution in [-0.2, 0) is 9.68 Å². The van der Waals surface area contributed by atoms with Crippen molar-refractivity contribution in [1.82, 2.24) is 9.55 Å². The Morgan fingerprint density at radius 3 is 2.71 bits per heavy atom. The second kappa shape index (κ2) is 7.85. The highest BCUT2D eigenvalue weighted by molar-refractivity contribution is 6.10. The number of nitrogens with two attached hydrogens (primary N) is 1. The van der Waals surface area contributed by atoms with E-state index >= 15 is 4.39 Å². The Morgan fingerprint density at radius 2 is 2.10 bits per heavy atom. The van der Waals surface area contributed by atoms with Gasteiger partial charge in [0.2, 0.25) is 5.43 Å². The first-order valence-corrected chi connectivity index (χ1v) is 9.55. The Morgan fingerprint density at radius 1 is 1.35 bits per heavy atom. The molecule has 3 heterocycles. The minimum Gasteiger partial charge on any atom is -0.477 e. The van der Waals surface area contributed by atoms with Crippen molar-refractivity contribution < 1.29 is 24.0 Å². The number of carbonyl (C=O) groups is 1. The summed E-state index contributed by atoms with van der Waals surface area (Å²) in [5.41, 5.74) is 5.54. The number of halogens is 1. The van der Waals surface area contributed by atoms with Crippen LogP contribution in [0.15, 0.2) is 27.4 Å². The smallest absolute Gasteiger partial charge is 0.341 e. The topological polar surface area (TPSA) is 145 Å². The molecular weight excluding hydrogens is 411 g/mol. The lowest BCUT2D eigenvalue weighted by Crippen LogP contribution is -2.31. The van der Waals surface area contributed by atoms with Gasteiger partial charge in [0.15, 0.2) is 11.6 Å². The van der Waals surface area contributed by atoms with Gasteiger partial charge in [-0.15, -0.1) is 0 Å². The number of oxime groups is 2. The highest BCUT2D eigenvalue weighted by Crippen LogP contribution is 2.37. The Hall–Kier alpha value is -3.70. The zero-order valence-corrected chi connectivity index (χ0v) is 16.9. The van der Waals surface area contributed by atoms with Crippen LogP contribution in [0, 0.1) is 11.7 Å². The molecule has 31 heavy (non-hydrogen) atoms. The molecule has 0 aromatic carbocycles. The van der Waals surface area contributed by atoms with E-state index in [0.29, 0.717) is 5.71 Å². The number of aromatic nitrogens is 2. The average molecular weight is 432 g/mol. The van der Waals surface area contributed by atoms with E-state index in [2.05, 4.69) is 15.3 Å². The van der Waals surface area contributed by atoms with Crippen LogP contribution in [0.3, 0.4) is 0 Å². The molecule has 11 nitrogen and oxygen atoms in total. The summed E-state index contributed by atoms with van der Waals surface area (Å²) in [4.78, 5) is 39.7. The van der Waals surface area contributed by atoms with Crippen LogP contribution in [0.4, 0.5) is 10.2 Å². The number of rotatable bonds is 6. The van der Waals surface area contributed by atoms with Crippen molar-refractivity contribution in [3.8, 4) is 0 Å². The molecule has 1 saturated carbocycles. The summed E-state index contributed by atoms with van der Waals surface area (Å²) in [5, 5.41) is 17.0. The van der Waals surface area contributed by atoms with Crippen LogP contribution in [-0.4, -0.2) is 59.5 Å². The van der Waals surface area contributed by atoms with Gasteiger partial charge in [-0.2, -0.15) is 0 Å². The van der Waals surface area contributed by atoms with Crippen molar-refractivity contribution in [3.63, 3.8) is 0 Å². The van der Waals surface area contributed by atoms with Gasteiger partial charge in [0.05, 0.1) is 23.6 Å². The number of hydrogen-bond acceptors (Lipinski definition) is 8. The Labute approximate surface area is 175 Å². The van der Waals surface area contributed by atoms with Gasteiger partial charge in [-0.3, -0.25) is 4.79 Å². The zero-order chi connectivity index (χ0) is 22.3. The molecule has 0 radical (unpaired) electrons. The molecule has 1 unspecified atom stereocenters. The molecule has 3 N–H and O–H groups in total. The van der Waals surface area contributed by atoms with Gasteiger partial charge in [-0.1, -0.05) is 10.3 Å². The summed E-state index contributed by atoms with van der Waals surface area (Å²) < 4.78 is 16.7. The first kappa shape index (κ1) is 20.6. The molecule has 0 amide bonds. The fourth-order valence-corrected chi connectivity index (χ4v) is 3.74. The van der Waals surface area contributed by atoms with Crippen molar-refractivity contribution >= 4 is 34.4 Å². The molecule has 1 saturated heterocycles. The number of amidine groups is 1. The molecule has 1 atom stereocenters. The molecule has 2 aliphatic rings. The summed E-state index contributed by atoms with van der Waals surface area (Å²) in [6.45, 7) is 0.395. The van der Waals surface area contributed by atoms with Crippen molar-refractivity contribution in [2.75, 3.05) is 32.2 Å². The second-order valence-corrected chi connectivity index (χ2v) is 7.38. The van der Waals surface area contributed by atoms with E-state index in [4.69, 9.17) is 15.4 Å². The fraction of sp³-hybridized carbons (Fsp3) is 0.421. The monoisotopic (exact) mass is 432 g/mol. The third-order valence-electron chi connectivity index (χ3n) is 5.33. The standard InChI is InChI=1S/C19H21FN6O5/c1-30-23-14-8-25(6-11(14)16(21)24-31-2)18-13(20)5-10-15(27)12(19(28)29)7-26(9-3-4-9)17(10)22-18/h5,7,9,11H,3-4,6,8H2,1-2H3,(H2,21,24)(H,28,29)/b23-14-. The maximum atomic E-state index is 15.1. The molecule has 2 aromatic rings. The molecule has 1 aliphatic heterocycles. The quantitative estimate of drug-likeness (QED) is 0.390. The first-order chi connectivity index (χ1) is 14.8. The Bertz CT molecular complexity index is 1170. The fourth-order valence-electron chi connectivity index (χ4n) is 3.74. The molecule has 0 spiro atoms. The van der Waals surface area contributed by atoms with Gasteiger partial charge in [0, 0.05) is 18.8 Å². The number of aromatic carboxylic acids is 1. The molecular formula is C19H21FN6O5. The summed E-state index contributed by atoms with van der Waals surface area (Å²) in [5.74, 6) is -2.43. The number of pyridine rings is 2. The van der Waals surface area contributed by atoms with E-state index < -0.39 is 28.7 Å². The number of anilines is 1. The van der Waals surface area contributed by atoms with Crippen molar-refractivity contribution in [1.29, 1.82) is 0 Å². The maximum absolute atomic E-state index is 15.1. The van der Waals surface area contributed by atoms with Gasteiger partial charge < -0.3 is 30.0 Å². The van der Waals surface area contributed by atoms with Crippen LogP contribution in [0.1, 0.15) is 29.2 Å². The number of nitrogens with zero attached hydrogens (tertiary/aromatic N) is 5. The van der Waals surface area contributed by atoms with E-state index in [9.17, 15) is 14.7 Å². The molecule has 0 bridgehead atoms. The van der Waals surface area contributed by atoms with Gasteiger partial charge in [0.25, 0.3) is 0 Å². The van der Waals surface area contributed by atoms with Crippen molar-refractivity contribution in [2.45, 2.75) is 18.9 Å². The van der Waals surface area contributed by atoms with E-state index in [0.717, 1.165) is 18.9 Å². The third-order valence-corrected chi connectivity index (χ3v) is 5.33. The normalized spacial score (nSPS) is 20.5. The Balaban J connectivity index is 1.83. The van der Waals surface area contributed by atoms with Gasteiger partial charge in [0.1, 0.15) is 31.3 Å². The molecule has 2 fully saturated rings. The zero-order valence-electron chi connectivity index (χ0n) is 16.9. The largest absolute Gasteiger partial charge is 0.477 e. The molecule has 1 aliphatic carbocycles. The van der Waals surface area contributed by atoms with Gasteiger partial charge >= 0.3 is 5.97 Å². The van der Waals surface area contributed by atoms with Crippen molar-refractivity contribution in [2.24, 2.45) is 22.0 Å². The number of hydrogen-bond donors (Lipinski definition) is 2. The molecule has 2 aromatic heterocycles. The number of carboxylic acid groups (broad SMARTS) is 1. The van der Waals surface area contributed by atoms with Gasteiger partial charge in [-0.25, -0.2) is 14.2 Å². The first-order valence-electron chi connectivity index (χ1n) is 9.55. The highest BCUT2D eigenvalue weighted by atomic mass is 19.1. The number of fused-ring (bicyclic) bond motifs is 1. The predicted molar refractivity (Wildman–Crippen MR) is 110 cm³/mol. The van der Waals surface area contributed by atoms with Crippen LogP contribution < -0.4 is 16.1 Å². The summed E-state index contributed by atoms with van der Waals surface area (Å²) >= 11 is 0. The third kappa shape index (κ3) is 3.64. The highest BCUT2D eigenvalue weighted by Gasteiger charge is 2.36. The van der Waals surface area contributed by atoms with Gasteiger partial charge in [-0.05, 0) is 18.9 Å². The maximum Gasteiger partial charge on any atom is 0.341 e. The molecule has 12 heteroatoms. The lowest BCUT2D eigenvalue weighted by atomic mass is 10.1. The number of carboxylic acids is 1. The average Bonchev–Trinajstić information content (AvgIpc) is 3.48. The summed E-state index contributed by atoms with van der Waals surface area (Å²) in [6, 6.07) is 1.06. The van der Waals surface area contributed by atoms with Crippen LogP contribution in [0.25, 0.3) is 11.0 Å². The van der Waals surface area contributed by atoms with E-state index in [1.165, 1.54) is 20.4 Å². The predicted octanol–water partition coefficient (Wildman–Crippen LogP) is 0.926. The van der Waals surface area contributed by atoms with Crippen LogP contribution >= 0.6 is 0 Å². The minimum absolute atomic E-state index is 0.000829. The lowest BCUT2D eigenvalue weighted by Gasteiger charge is -2.19. The molecule has 4 rings (SSSR count). The second-order valence-electron chi connectivity index (χ2n) is 7.38. The van der Waals surface area contributed by atoms with Crippen LogP contribution in [0.2, 0.25) is 0 Å². The van der Waals surface area contributed by atoms with E-state index in [-0.39, 0.29) is 41.8 Å². The SMILES string of the molecule is CO/N=C(/N)C1CN(c2nc3c(cc2F)c(=O)c(C(=O)O)cn3C2CC2)C/C1=N/OC. The summed E-state index contributed by atoms with van der Waals surface area (Å²) in [7, 11) is 2.75. The van der Waals surface area contributed by atoms with E-state index in [1.807, 2.05) is 0 Å². The molecule has 164 valence electrons. The Kier molecular flexibility index (Phi) is 5.21. The van der Waals surface area contributed by atoms with E-state index in [1.54, 1.807) is 9.47 Å². The lowest BCUT2D eigenvalue weighted by molar-refractivity contribution is 0.0695. The van der Waals surface area contributed by atoms with Crippen LogP contribution in [0.5, 0.6) is 0 Å². The minimum atomic E-state index is -1.36.